The Morgan fingerprint density at radius 3 is 2.35 bits per heavy atom. The van der Waals surface area contributed by atoms with Gasteiger partial charge >= 0.3 is 5.97 Å². The van der Waals surface area contributed by atoms with Gasteiger partial charge in [0.05, 0.1) is 10.3 Å². The molecule has 0 bridgehead atoms. The Hall–Kier alpha value is -2.47. The molecular weight excluding hydrogens is 350 g/mol. The first-order valence-electron chi connectivity index (χ1n) is 8.58. The summed E-state index contributed by atoms with van der Waals surface area (Å²) < 4.78 is 5.44. The largest absolute Gasteiger partial charge is 0.457 e. The number of Topliss-reactive ketones (excluding diaryl/α,β-unsaturated/α-hetero) is 1. The fourth-order valence-electron chi connectivity index (χ4n) is 3.35. The van der Waals surface area contributed by atoms with Gasteiger partial charge < -0.3 is 9.64 Å². The van der Waals surface area contributed by atoms with E-state index in [-0.39, 0.29) is 18.3 Å². The maximum Gasteiger partial charge on any atom is 0.317 e. The average Bonchev–Trinajstić information content (AvgIpc) is 3.21. The minimum Gasteiger partial charge on any atom is -0.457 e. The molecule has 26 heavy (non-hydrogen) atoms. The number of thiophene rings is 1. The summed E-state index contributed by atoms with van der Waals surface area (Å²) in [4.78, 5) is 39.1. The lowest BCUT2D eigenvalue weighted by Gasteiger charge is -2.40. The SMILES string of the molecule is CC(=O)N1CCC(C(=O)OCC(=O)c2cccs2)(c2ccccc2)CC1. The summed E-state index contributed by atoms with van der Waals surface area (Å²) in [6, 6.07) is 13.0. The molecule has 1 aliphatic rings. The van der Waals surface area contributed by atoms with Crippen LogP contribution >= 0.6 is 11.3 Å². The van der Waals surface area contributed by atoms with E-state index < -0.39 is 11.4 Å². The Balaban J connectivity index is 1.77. The number of rotatable bonds is 5. The normalized spacial score (nSPS) is 16.1. The lowest BCUT2D eigenvalue weighted by molar-refractivity contribution is -0.153. The predicted molar refractivity (Wildman–Crippen MR) is 99.2 cm³/mol. The van der Waals surface area contributed by atoms with Gasteiger partial charge in [-0.3, -0.25) is 14.4 Å². The van der Waals surface area contributed by atoms with Crippen molar-refractivity contribution < 1.29 is 19.1 Å². The van der Waals surface area contributed by atoms with Gasteiger partial charge in [-0.2, -0.15) is 0 Å². The van der Waals surface area contributed by atoms with E-state index >= 15 is 0 Å². The van der Waals surface area contributed by atoms with Gasteiger partial charge in [-0.1, -0.05) is 36.4 Å². The number of hydrogen-bond acceptors (Lipinski definition) is 5. The van der Waals surface area contributed by atoms with Gasteiger partial charge in [0.15, 0.2) is 6.61 Å². The number of amides is 1. The Labute approximate surface area is 156 Å². The average molecular weight is 371 g/mol. The molecule has 2 aromatic rings. The van der Waals surface area contributed by atoms with E-state index in [1.165, 1.54) is 18.3 Å². The number of hydrogen-bond donors (Lipinski definition) is 0. The number of piperidine rings is 1. The van der Waals surface area contributed by atoms with Gasteiger partial charge in [-0.25, -0.2) is 0 Å². The number of nitrogens with zero attached hydrogens (tertiary/aromatic N) is 1. The summed E-state index contributed by atoms with van der Waals surface area (Å²) >= 11 is 1.33. The van der Waals surface area contributed by atoms with Gasteiger partial charge in [0.1, 0.15) is 0 Å². The summed E-state index contributed by atoms with van der Waals surface area (Å²) in [6.45, 7) is 2.27. The van der Waals surface area contributed by atoms with Crippen LogP contribution in [0.15, 0.2) is 47.8 Å². The van der Waals surface area contributed by atoms with Crippen molar-refractivity contribution in [2.24, 2.45) is 0 Å². The van der Waals surface area contributed by atoms with E-state index in [1.54, 1.807) is 17.0 Å². The minimum atomic E-state index is -0.817. The Morgan fingerprint density at radius 1 is 1.08 bits per heavy atom. The highest BCUT2D eigenvalue weighted by Gasteiger charge is 2.44. The van der Waals surface area contributed by atoms with E-state index in [2.05, 4.69) is 0 Å². The van der Waals surface area contributed by atoms with E-state index in [0.717, 1.165) is 5.56 Å². The predicted octanol–water partition coefficient (Wildman–Crippen LogP) is 3.05. The first-order chi connectivity index (χ1) is 12.5. The Morgan fingerprint density at radius 2 is 1.77 bits per heavy atom. The molecule has 2 heterocycles. The number of esters is 1. The van der Waals surface area contributed by atoms with E-state index in [9.17, 15) is 14.4 Å². The second-order valence-electron chi connectivity index (χ2n) is 6.43. The van der Waals surface area contributed by atoms with Gasteiger partial charge in [-0.15, -0.1) is 11.3 Å². The van der Waals surface area contributed by atoms with E-state index in [0.29, 0.717) is 30.8 Å². The molecule has 0 spiro atoms. The van der Waals surface area contributed by atoms with Crippen molar-refractivity contribution in [1.29, 1.82) is 0 Å². The Kier molecular flexibility index (Phi) is 5.52. The first-order valence-corrected chi connectivity index (χ1v) is 9.46. The van der Waals surface area contributed by atoms with Crippen LogP contribution in [0.2, 0.25) is 0 Å². The summed E-state index contributed by atoms with van der Waals surface area (Å²) in [7, 11) is 0. The molecule has 1 saturated heterocycles. The van der Waals surface area contributed by atoms with Crippen molar-refractivity contribution in [3.8, 4) is 0 Å². The number of ketones is 1. The zero-order chi connectivity index (χ0) is 18.6. The number of carbonyl (C=O) groups excluding carboxylic acids is 3. The van der Waals surface area contributed by atoms with E-state index in [4.69, 9.17) is 4.74 Å². The summed E-state index contributed by atoms with van der Waals surface area (Å²) in [5.41, 5.74) is 0.0555. The smallest absolute Gasteiger partial charge is 0.317 e. The highest BCUT2D eigenvalue weighted by molar-refractivity contribution is 7.12. The van der Waals surface area contributed by atoms with Crippen LogP contribution in [0.1, 0.15) is 35.0 Å². The lowest BCUT2D eigenvalue weighted by Crippen LogP contribution is -2.49. The molecule has 1 aliphatic heterocycles. The van der Waals surface area contributed by atoms with Crippen LogP contribution in [0, 0.1) is 0 Å². The third kappa shape index (κ3) is 3.70. The van der Waals surface area contributed by atoms with Crippen LogP contribution in [-0.4, -0.2) is 42.3 Å². The molecular formula is C20H21NO4S. The topological polar surface area (TPSA) is 63.7 Å². The molecule has 1 aromatic carbocycles. The number of carbonyl (C=O) groups is 3. The lowest BCUT2D eigenvalue weighted by atomic mass is 9.72. The monoisotopic (exact) mass is 371 g/mol. The zero-order valence-corrected chi connectivity index (χ0v) is 15.5. The molecule has 0 aliphatic carbocycles. The molecule has 1 amide bonds. The standard InChI is InChI=1S/C20H21NO4S/c1-15(22)21-11-9-20(10-12-21,16-6-3-2-4-7-16)19(24)25-14-17(23)18-8-5-13-26-18/h2-8,13H,9-12,14H2,1H3. The van der Waals surface area contributed by atoms with E-state index in [1.807, 2.05) is 35.7 Å². The highest BCUT2D eigenvalue weighted by Crippen LogP contribution is 2.37. The van der Waals surface area contributed by atoms with Crippen LogP contribution in [0.25, 0.3) is 0 Å². The maximum atomic E-state index is 13.0. The van der Waals surface area contributed by atoms with Crippen LogP contribution in [0.4, 0.5) is 0 Å². The summed E-state index contributed by atoms with van der Waals surface area (Å²) in [5, 5.41) is 1.82. The van der Waals surface area contributed by atoms with Crippen LogP contribution in [-0.2, 0) is 19.7 Å². The molecule has 0 unspecified atom stereocenters. The van der Waals surface area contributed by atoms with Crippen molar-refractivity contribution in [2.45, 2.75) is 25.2 Å². The molecule has 3 rings (SSSR count). The number of benzene rings is 1. The van der Waals surface area contributed by atoms with Crippen LogP contribution in [0.3, 0.4) is 0 Å². The Bertz CT molecular complexity index is 777. The maximum absolute atomic E-state index is 13.0. The van der Waals surface area contributed by atoms with Crippen molar-refractivity contribution in [2.75, 3.05) is 19.7 Å². The van der Waals surface area contributed by atoms with Crippen molar-refractivity contribution in [3.63, 3.8) is 0 Å². The minimum absolute atomic E-state index is 0.00732. The number of likely N-dealkylation sites (tertiary alicyclic amines) is 1. The van der Waals surface area contributed by atoms with Crippen molar-refractivity contribution in [3.05, 3.63) is 58.3 Å². The van der Waals surface area contributed by atoms with Crippen LogP contribution < -0.4 is 0 Å². The van der Waals surface area contributed by atoms with Crippen LogP contribution in [0.5, 0.6) is 0 Å². The van der Waals surface area contributed by atoms with Crippen molar-refractivity contribution >= 4 is 29.0 Å². The third-order valence-corrected chi connectivity index (χ3v) is 5.82. The molecule has 0 radical (unpaired) electrons. The molecule has 0 N–H and O–H groups in total. The van der Waals surface area contributed by atoms with Gasteiger partial charge in [0, 0.05) is 20.0 Å². The fraction of sp³-hybridized carbons (Fsp3) is 0.350. The fourth-order valence-corrected chi connectivity index (χ4v) is 4.00. The molecule has 1 fully saturated rings. The molecule has 5 nitrogen and oxygen atoms in total. The zero-order valence-electron chi connectivity index (χ0n) is 14.6. The van der Waals surface area contributed by atoms with Crippen molar-refractivity contribution in [1.82, 2.24) is 4.90 Å². The second kappa shape index (κ2) is 7.83. The highest BCUT2D eigenvalue weighted by atomic mass is 32.1. The number of ether oxygens (including phenoxy) is 1. The third-order valence-electron chi connectivity index (χ3n) is 4.91. The molecule has 1 aromatic heterocycles. The second-order valence-corrected chi connectivity index (χ2v) is 7.38. The van der Waals surface area contributed by atoms with Gasteiger partial charge in [-0.05, 0) is 29.9 Å². The molecule has 136 valence electrons. The summed E-state index contributed by atoms with van der Waals surface area (Å²) in [5.74, 6) is -0.581. The quantitative estimate of drug-likeness (QED) is 0.599. The molecule has 0 atom stereocenters. The van der Waals surface area contributed by atoms with Gasteiger partial charge in [0.2, 0.25) is 11.7 Å². The van der Waals surface area contributed by atoms with Gasteiger partial charge in [0.25, 0.3) is 0 Å². The summed E-state index contributed by atoms with van der Waals surface area (Å²) in [6.07, 6.45) is 0.977. The molecule has 6 heteroatoms. The first kappa shape index (κ1) is 18.3. The molecule has 0 saturated carbocycles.